The van der Waals surface area contributed by atoms with Crippen molar-refractivity contribution in [2.24, 2.45) is 5.73 Å². The summed E-state index contributed by atoms with van der Waals surface area (Å²) >= 11 is 0.923. The zero-order chi connectivity index (χ0) is 15.3. The molecule has 0 atom stereocenters. The van der Waals surface area contributed by atoms with Crippen molar-refractivity contribution in [3.63, 3.8) is 0 Å². The SMILES string of the molecule is N#Cc1ccc(S(=O)(=O)Nc2ccc(OCCN)cc2)s1. The molecule has 0 bridgehead atoms. The molecule has 8 heteroatoms. The van der Waals surface area contributed by atoms with Crippen molar-refractivity contribution in [2.75, 3.05) is 17.9 Å². The smallest absolute Gasteiger partial charge is 0.271 e. The quantitative estimate of drug-likeness (QED) is 0.842. The molecule has 0 spiro atoms. The van der Waals surface area contributed by atoms with Crippen LogP contribution in [-0.4, -0.2) is 21.6 Å². The molecule has 0 saturated heterocycles. The van der Waals surface area contributed by atoms with E-state index in [4.69, 9.17) is 15.7 Å². The Balaban J connectivity index is 2.11. The Morgan fingerprint density at radius 1 is 1.24 bits per heavy atom. The van der Waals surface area contributed by atoms with Crippen LogP contribution in [-0.2, 0) is 10.0 Å². The molecule has 0 aliphatic heterocycles. The number of hydrogen-bond acceptors (Lipinski definition) is 6. The number of benzene rings is 1. The number of hydrogen-bond donors (Lipinski definition) is 2. The van der Waals surface area contributed by atoms with Crippen molar-refractivity contribution in [1.29, 1.82) is 5.26 Å². The first-order valence-electron chi connectivity index (χ1n) is 6.01. The highest BCUT2D eigenvalue weighted by Crippen LogP contribution is 2.24. The van der Waals surface area contributed by atoms with Gasteiger partial charge in [0.2, 0.25) is 0 Å². The Labute approximate surface area is 126 Å². The summed E-state index contributed by atoms with van der Waals surface area (Å²) in [5.74, 6) is 0.617. The van der Waals surface area contributed by atoms with Gasteiger partial charge in [0.05, 0.1) is 0 Å². The highest BCUT2D eigenvalue weighted by molar-refractivity contribution is 7.94. The second-order valence-corrected chi connectivity index (χ2v) is 6.99. The van der Waals surface area contributed by atoms with E-state index in [1.165, 1.54) is 12.1 Å². The monoisotopic (exact) mass is 323 g/mol. The summed E-state index contributed by atoms with van der Waals surface area (Å²) < 4.78 is 32.1. The van der Waals surface area contributed by atoms with Crippen molar-refractivity contribution >= 4 is 27.0 Å². The first kappa shape index (κ1) is 15.3. The van der Waals surface area contributed by atoms with Crippen molar-refractivity contribution in [1.82, 2.24) is 0 Å². The van der Waals surface area contributed by atoms with Gasteiger partial charge in [-0.2, -0.15) is 5.26 Å². The third kappa shape index (κ3) is 3.95. The third-order valence-corrected chi connectivity index (χ3v) is 5.31. The predicted molar refractivity (Wildman–Crippen MR) is 80.8 cm³/mol. The van der Waals surface area contributed by atoms with Gasteiger partial charge in [-0.1, -0.05) is 0 Å². The van der Waals surface area contributed by atoms with E-state index in [0.717, 1.165) is 11.3 Å². The number of nitrogens with zero attached hydrogens (tertiary/aromatic N) is 1. The van der Waals surface area contributed by atoms with Crippen molar-refractivity contribution < 1.29 is 13.2 Å². The van der Waals surface area contributed by atoms with Gasteiger partial charge in [0.15, 0.2) is 0 Å². The molecule has 0 aliphatic rings. The summed E-state index contributed by atoms with van der Waals surface area (Å²) in [5, 5.41) is 8.73. The highest BCUT2D eigenvalue weighted by Gasteiger charge is 2.17. The lowest BCUT2D eigenvalue weighted by Gasteiger charge is -2.08. The van der Waals surface area contributed by atoms with E-state index in [1.54, 1.807) is 24.3 Å². The predicted octanol–water partition coefficient (Wildman–Crippen LogP) is 1.76. The molecule has 110 valence electrons. The molecule has 0 unspecified atom stereocenters. The summed E-state index contributed by atoms with van der Waals surface area (Å²) in [6.45, 7) is 0.811. The molecular weight excluding hydrogens is 310 g/mol. The molecule has 2 rings (SSSR count). The molecule has 6 nitrogen and oxygen atoms in total. The topological polar surface area (TPSA) is 105 Å². The summed E-state index contributed by atoms with van der Waals surface area (Å²) in [7, 11) is -3.68. The zero-order valence-electron chi connectivity index (χ0n) is 10.9. The van der Waals surface area contributed by atoms with E-state index in [9.17, 15) is 8.42 Å². The van der Waals surface area contributed by atoms with E-state index in [1.807, 2.05) is 6.07 Å². The van der Waals surface area contributed by atoms with Crippen LogP contribution in [0.15, 0.2) is 40.6 Å². The maximum atomic E-state index is 12.1. The lowest BCUT2D eigenvalue weighted by Crippen LogP contribution is -2.12. The summed E-state index contributed by atoms with van der Waals surface area (Å²) in [5.41, 5.74) is 5.75. The standard InChI is InChI=1S/C13H13N3O3S2/c14-7-8-19-11-3-1-10(2-4-11)16-21(17,18)13-6-5-12(9-15)20-13/h1-6,16H,7-8,14H2. The van der Waals surface area contributed by atoms with E-state index in [2.05, 4.69) is 4.72 Å². The molecule has 2 aromatic rings. The van der Waals surface area contributed by atoms with Gasteiger partial charge in [0.1, 0.15) is 27.5 Å². The highest BCUT2D eigenvalue weighted by atomic mass is 32.2. The Hall–Kier alpha value is -2.08. The number of nitrogens with one attached hydrogen (secondary N) is 1. The van der Waals surface area contributed by atoms with Gasteiger partial charge in [-0.25, -0.2) is 8.42 Å². The normalized spacial score (nSPS) is 10.9. The van der Waals surface area contributed by atoms with Gasteiger partial charge in [-0.15, -0.1) is 11.3 Å². The second kappa shape index (κ2) is 6.58. The van der Waals surface area contributed by atoms with Crippen LogP contribution >= 0.6 is 11.3 Å². The van der Waals surface area contributed by atoms with Crippen LogP contribution in [0.4, 0.5) is 5.69 Å². The van der Waals surface area contributed by atoms with Gasteiger partial charge < -0.3 is 10.5 Å². The molecule has 0 amide bonds. The van der Waals surface area contributed by atoms with Crippen LogP contribution in [0.3, 0.4) is 0 Å². The number of nitriles is 1. The number of anilines is 1. The van der Waals surface area contributed by atoms with Crippen LogP contribution in [0.1, 0.15) is 4.88 Å². The molecule has 1 aromatic carbocycles. The maximum absolute atomic E-state index is 12.1. The number of nitrogens with two attached hydrogens (primary N) is 1. The molecular formula is C13H13N3O3S2. The van der Waals surface area contributed by atoms with Gasteiger partial charge in [0, 0.05) is 12.2 Å². The molecule has 1 aromatic heterocycles. The third-order valence-electron chi connectivity index (χ3n) is 2.45. The zero-order valence-corrected chi connectivity index (χ0v) is 12.6. The minimum absolute atomic E-state index is 0.0995. The van der Waals surface area contributed by atoms with Crippen LogP contribution in [0.5, 0.6) is 5.75 Å². The fraction of sp³-hybridized carbons (Fsp3) is 0.154. The minimum Gasteiger partial charge on any atom is -0.492 e. The molecule has 3 N–H and O–H groups in total. The Morgan fingerprint density at radius 2 is 1.95 bits per heavy atom. The van der Waals surface area contributed by atoms with Crippen molar-refractivity contribution in [3.8, 4) is 11.8 Å². The van der Waals surface area contributed by atoms with E-state index < -0.39 is 10.0 Å². The molecule has 1 heterocycles. The van der Waals surface area contributed by atoms with Crippen LogP contribution < -0.4 is 15.2 Å². The van der Waals surface area contributed by atoms with Crippen LogP contribution in [0.2, 0.25) is 0 Å². The van der Waals surface area contributed by atoms with Crippen molar-refractivity contribution in [2.45, 2.75) is 4.21 Å². The average molecular weight is 323 g/mol. The number of rotatable bonds is 6. The van der Waals surface area contributed by atoms with Gasteiger partial charge in [0.25, 0.3) is 10.0 Å². The van der Waals surface area contributed by atoms with Crippen molar-refractivity contribution in [3.05, 3.63) is 41.3 Å². The molecule has 0 aliphatic carbocycles. The maximum Gasteiger partial charge on any atom is 0.271 e. The van der Waals surface area contributed by atoms with Gasteiger partial charge in [-0.3, -0.25) is 4.72 Å². The van der Waals surface area contributed by atoms with E-state index >= 15 is 0 Å². The minimum atomic E-state index is -3.68. The Bertz CT molecular complexity index is 746. The molecule has 0 fully saturated rings. The van der Waals surface area contributed by atoms with Gasteiger partial charge >= 0.3 is 0 Å². The first-order valence-corrected chi connectivity index (χ1v) is 8.31. The number of ether oxygens (including phenoxy) is 1. The fourth-order valence-corrected chi connectivity index (χ4v) is 3.69. The Kier molecular flexibility index (Phi) is 4.80. The molecule has 0 saturated carbocycles. The first-order chi connectivity index (χ1) is 10.0. The number of thiophene rings is 1. The Morgan fingerprint density at radius 3 is 2.52 bits per heavy atom. The number of sulfonamides is 1. The molecule has 0 radical (unpaired) electrons. The van der Waals surface area contributed by atoms with E-state index in [-0.39, 0.29) is 4.21 Å². The van der Waals surface area contributed by atoms with Gasteiger partial charge in [-0.05, 0) is 36.4 Å². The fourth-order valence-electron chi connectivity index (χ4n) is 1.53. The summed E-state index contributed by atoms with van der Waals surface area (Å²) in [6.07, 6.45) is 0. The summed E-state index contributed by atoms with van der Waals surface area (Å²) in [6, 6.07) is 11.3. The largest absolute Gasteiger partial charge is 0.492 e. The lowest BCUT2D eigenvalue weighted by molar-refractivity contribution is 0.328. The second-order valence-electron chi connectivity index (χ2n) is 4.00. The van der Waals surface area contributed by atoms with Crippen LogP contribution in [0.25, 0.3) is 0 Å². The average Bonchev–Trinajstić information content (AvgIpc) is 2.96. The van der Waals surface area contributed by atoms with Crippen LogP contribution in [0, 0.1) is 11.3 Å². The summed E-state index contributed by atoms with van der Waals surface area (Å²) in [4.78, 5) is 0.348. The molecule has 21 heavy (non-hydrogen) atoms. The van der Waals surface area contributed by atoms with E-state index in [0.29, 0.717) is 29.5 Å². The lowest BCUT2D eigenvalue weighted by atomic mass is 10.3.